The Morgan fingerprint density at radius 2 is 2.14 bits per heavy atom. The fourth-order valence-corrected chi connectivity index (χ4v) is 3.06. The molecule has 1 saturated carbocycles. The van der Waals surface area contributed by atoms with Gasteiger partial charge >= 0.3 is 0 Å². The molecule has 0 saturated heterocycles. The number of hydrogen-bond acceptors (Lipinski definition) is 4. The molecule has 1 aliphatic carbocycles. The van der Waals surface area contributed by atoms with E-state index in [1.807, 2.05) is 31.0 Å². The Hall–Kier alpha value is -1.46. The highest BCUT2D eigenvalue weighted by Crippen LogP contribution is 2.32. The van der Waals surface area contributed by atoms with Gasteiger partial charge in [-0.2, -0.15) is 0 Å². The summed E-state index contributed by atoms with van der Waals surface area (Å²) in [5.41, 5.74) is 0.222. The van der Waals surface area contributed by atoms with Gasteiger partial charge in [-0.1, -0.05) is 13.0 Å². The molecule has 0 radical (unpaired) electrons. The second-order valence-electron chi connectivity index (χ2n) is 6.79. The van der Waals surface area contributed by atoms with Gasteiger partial charge < -0.3 is 10.4 Å². The maximum absolute atomic E-state index is 12.1. The first-order chi connectivity index (χ1) is 10.4. The van der Waals surface area contributed by atoms with E-state index in [-0.39, 0.29) is 12.5 Å². The average Bonchev–Trinajstić information content (AvgIpc) is 2.42. The van der Waals surface area contributed by atoms with Gasteiger partial charge in [-0.05, 0) is 57.7 Å². The van der Waals surface area contributed by atoms with Crippen LogP contribution in [0.25, 0.3) is 0 Å². The van der Waals surface area contributed by atoms with Crippen molar-refractivity contribution in [1.82, 2.24) is 9.88 Å². The number of likely N-dealkylation sites (N-methyl/N-ethyl adjacent to an activating group) is 1. The molecule has 2 rings (SSSR count). The third kappa shape index (κ3) is 5.07. The van der Waals surface area contributed by atoms with Crippen LogP contribution in [0.5, 0.6) is 0 Å². The van der Waals surface area contributed by atoms with Crippen LogP contribution in [0.2, 0.25) is 0 Å². The van der Waals surface area contributed by atoms with Gasteiger partial charge in [0.1, 0.15) is 5.82 Å². The van der Waals surface area contributed by atoms with Crippen molar-refractivity contribution < 1.29 is 9.90 Å². The van der Waals surface area contributed by atoms with Crippen molar-refractivity contribution in [3.63, 3.8) is 0 Å². The maximum atomic E-state index is 12.1. The molecule has 1 amide bonds. The Labute approximate surface area is 132 Å². The molecule has 1 aromatic heterocycles. The first-order valence-corrected chi connectivity index (χ1v) is 8.01. The van der Waals surface area contributed by atoms with E-state index in [2.05, 4.69) is 17.2 Å². The zero-order chi connectivity index (χ0) is 16.2. The molecule has 0 atom stereocenters. The monoisotopic (exact) mass is 305 g/mol. The number of aryl methyl sites for hydroxylation is 1. The fourth-order valence-electron chi connectivity index (χ4n) is 3.06. The van der Waals surface area contributed by atoms with Crippen LogP contribution >= 0.6 is 0 Å². The number of nitrogens with zero attached hydrogens (tertiary/aromatic N) is 2. The molecular weight excluding hydrogens is 278 g/mol. The lowest BCUT2D eigenvalue weighted by Crippen LogP contribution is -2.46. The molecule has 2 N–H and O–H groups in total. The number of rotatable bonds is 5. The van der Waals surface area contributed by atoms with Crippen LogP contribution in [0.1, 0.15) is 38.3 Å². The lowest BCUT2D eigenvalue weighted by atomic mass is 9.79. The standard InChI is InChI=1S/C17H27N3O2/c1-13-7-9-17(22,10-8-13)12-20(3)11-16(21)19-15-6-4-5-14(2)18-15/h4-6,13,22H,7-12H2,1-3H3,(H,18,19,21). The average molecular weight is 305 g/mol. The molecular formula is C17H27N3O2. The van der Waals surface area contributed by atoms with E-state index >= 15 is 0 Å². The number of anilines is 1. The molecule has 0 bridgehead atoms. The molecule has 5 nitrogen and oxygen atoms in total. The topological polar surface area (TPSA) is 65.5 Å². The highest BCUT2D eigenvalue weighted by Gasteiger charge is 2.33. The first-order valence-electron chi connectivity index (χ1n) is 8.01. The molecule has 0 spiro atoms. The van der Waals surface area contributed by atoms with Crippen LogP contribution in [-0.4, -0.2) is 46.6 Å². The molecule has 1 heterocycles. The predicted octanol–water partition coefficient (Wildman–Crippen LogP) is 2.20. The lowest BCUT2D eigenvalue weighted by molar-refractivity contribution is -0.118. The maximum Gasteiger partial charge on any atom is 0.239 e. The number of aliphatic hydroxyl groups is 1. The van der Waals surface area contributed by atoms with Crippen molar-refractivity contribution in [2.24, 2.45) is 5.92 Å². The zero-order valence-electron chi connectivity index (χ0n) is 13.8. The van der Waals surface area contributed by atoms with Crippen LogP contribution in [0, 0.1) is 12.8 Å². The third-order valence-corrected chi connectivity index (χ3v) is 4.34. The van der Waals surface area contributed by atoms with E-state index in [9.17, 15) is 9.90 Å². The highest BCUT2D eigenvalue weighted by atomic mass is 16.3. The van der Waals surface area contributed by atoms with Gasteiger partial charge in [-0.25, -0.2) is 4.98 Å². The highest BCUT2D eigenvalue weighted by molar-refractivity contribution is 5.91. The summed E-state index contributed by atoms with van der Waals surface area (Å²) in [4.78, 5) is 18.2. The van der Waals surface area contributed by atoms with Crippen LogP contribution in [0.3, 0.4) is 0 Å². The summed E-state index contributed by atoms with van der Waals surface area (Å²) in [6, 6.07) is 5.54. The Balaban J connectivity index is 1.81. The van der Waals surface area contributed by atoms with Gasteiger partial charge in [0, 0.05) is 12.2 Å². The number of pyridine rings is 1. The summed E-state index contributed by atoms with van der Waals surface area (Å²) in [7, 11) is 1.87. The Kier molecular flexibility index (Phi) is 5.53. The normalized spacial score (nSPS) is 25.2. The second kappa shape index (κ2) is 7.20. The van der Waals surface area contributed by atoms with Crippen molar-refractivity contribution in [3.05, 3.63) is 23.9 Å². The SMILES string of the molecule is Cc1cccc(NC(=O)CN(C)CC2(O)CCC(C)CC2)n1. The van der Waals surface area contributed by atoms with Crippen molar-refractivity contribution in [2.45, 2.75) is 45.1 Å². The predicted molar refractivity (Wildman–Crippen MR) is 87.7 cm³/mol. The minimum absolute atomic E-state index is 0.103. The smallest absolute Gasteiger partial charge is 0.239 e. The fraction of sp³-hybridized carbons (Fsp3) is 0.647. The van der Waals surface area contributed by atoms with Gasteiger partial charge in [0.05, 0.1) is 12.1 Å². The molecule has 1 aliphatic rings. The van der Waals surface area contributed by atoms with Gasteiger partial charge in [-0.3, -0.25) is 9.69 Å². The van der Waals surface area contributed by atoms with Crippen molar-refractivity contribution >= 4 is 11.7 Å². The molecule has 5 heteroatoms. The van der Waals surface area contributed by atoms with Crippen LogP contribution < -0.4 is 5.32 Å². The second-order valence-corrected chi connectivity index (χ2v) is 6.79. The molecule has 1 fully saturated rings. The van der Waals surface area contributed by atoms with Gasteiger partial charge in [0.15, 0.2) is 0 Å². The molecule has 0 aliphatic heterocycles. The summed E-state index contributed by atoms with van der Waals surface area (Å²) < 4.78 is 0. The molecule has 22 heavy (non-hydrogen) atoms. The molecule has 0 unspecified atom stereocenters. The van der Waals surface area contributed by atoms with Gasteiger partial charge in [-0.15, -0.1) is 0 Å². The third-order valence-electron chi connectivity index (χ3n) is 4.34. The molecule has 1 aromatic rings. The van der Waals surface area contributed by atoms with E-state index in [4.69, 9.17) is 0 Å². The largest absolute Gasteiger partial charge is 0.389 e. The zero-order valence-corrected chi connectivity index (χ0v) is 13.8. The number of nitrogens with one attached hydrogen (secondary N) is 1. The Morgan fingerprint density at radius 1 is 1.45 bits per heavy atom. The van der Waals surface area contributed by atoms with E-state index in [1.165, 1.54) is 0 Å². The summed E-state index contributed by atoms with van der Waals surface area (Å²) in [6.07, 6.45) is 3.76. The minimum atomic E-state index is -0.650. The summed E-state index contributed by atoms with van der Waals surface area (Å²) in [5, 5.41) is 13.4. The molecule has 0 aromatic carbocycles. The Bertz CT molecular complexity index is 510. The Morgan fingerprint density at radius 3 is 2.77 bits per heavy atom. The van der Waals surface area contributed by atoms with Gasteiger partial charge in [0.25, 0.3) is 0 Å². The van der Waals surface area contributed by atoms with E-state index < -0.39 is 5.60 Å². The number of carbonyl (C=O) groups excluding carboxylic acids is 1. The van der Waals surface area contributed by atoms with Crippen molar-refractivity contribution in [3.8, 4) is 0 Å². The summed E-state index contributed by atoms with van der Waals surface area (Å²) >= 11 is 0. The summed E-state index contributed by atoms with van der Waals surface area (Å²) in [6.45, 7) is 4.91. The van der Waals surface area contributed by atoms with E-state index in [0.29, 0.717) is 18.3 Å². The van der Waals surface area contributed by atoms with Gasteiger partial charge in [0.2, 0.25) is 5.91 Å². The van der Waals surface area contributed by atoms with E-state index in [0.717, 1.165) is 31.4 Å². The number of carbonyl (C=O) groups is 1. The van der Waals surface area contributed by atoms with Crippen molar-refractivity contribution in [2.75, 3.05) is 25.5 Å². The lowest BCUT2D eigenvalue weighted by Gasteiger charge is -2.37. The molecule has 122 valence electrons. The number of aromatic nitrogens is 1. The summed E-state index contributed by atoms with van der Waals surface area (Å²) in [5.74, 6) is 1.17. The minimum Gasteiger partial charge on any atom is -0.389 e. The van der Waals surface area contributed by atoms with E-state index in [1.54, 1.807) is 6.07 Å². The van der Waals surface area contributed by atoms with Crippen LogP contribution in [0.15, 0.2) is 18.2 Å². The van der Waals surface area contributed by atoms with Crippen LogP contribution in [0.4, 0.5) is 5.82 Å². The van der Waals surface area contributed by atoms with Crippen molar-refractivity contribution in [1.29, 1.82) is 0 Å². The number of amides is 1. The van der Waals surface area contributed by atoms with Crippen LogP contribution in [-0.2, 0) is 4.79 Å². The quantitative estimate of drug-likeness (QED) is 0.875. The first kappa shape index (κ1) is 16.9. The number of hydrogen-bond donors (Lipinski definition) is 2.